The van der Waals surface area contributed by atoms with Gasteiger partial charge < -0.3 is 5.11 Å². The summed E-state index contributed by atoms with van der Waals surface area (Å²) in [5, 5.41) is 13.7. The monoisotopic (exact) mass is 285 g/mol. The molecule has 0 amide bonds. The molecule has 0 bridgehead atoms. The SMILES string of the molecule is C[C@H](O)c1cc2n(n1)CCCN(S(=O)(=O)C1CC1)C2. The van der Waals surface area contributed by atoms with E-state index in [0.717, 1.165) is 25.0 Å². The second-order valence-electron chi connectivity index (χ2n) is 5.39. The lowest BCUT2D eigenvalue weighted by molar-refractivity contribution is 0.193. The third-order valence-electron chi connectivity index (χ3n) is 3.73. The van der Waals surface area contributed by atoms with Crippen molar-refractivity contribution in [3.63, 3.8) is 0 Å². The molecule has 1 atom stereocenters. The first kappa shape index (κ1) is 13.1. The summed E-state index contributed by atoms with van der Waals surface area (Å²) >= 11 is 0. The molecular weight excluding hydrogens is 266 g/mol. The smallest absolute Gasteiger partial charge is 0.217 e. The maximum absolute atomic E-state index is 12.3. The molecule has 1 aliphatic heterocycles. The number of rotatable bonds is 3. The average Bonchev–Trinajstić information content (AvgIpc) is 3.14. The molecule has 106 valence electrons. The molecule has 3 rings (SSSR count). The zero-order valence-electron chi connectivity index (χ0n) is 11.0. The van der Waals surface area contributed by atoms with Crippen LogP contribution in [0.5, 0.6) is 0 Å². The first-order chi connectivity index (χ1) is 8.98. The second-order valence-corrected chi connectivity index (χ2v) is 7.60. The molecule has 0 spiro atoms. The number of aliphatic hydroxyl groups excluding tert-OH is 1. The Morgan fingerprint density at radius 2 is 2.16 bits per heavy atom. The molecule has 0 saturated heterocycles. The number of hydrogen-bond acceptors (Lipinski definition) is 4. The van der Waals surface area contributed by atoms with Gasteiger partial charge in [-0.3, -0.25) is 4.68 Å². The van der Waals surface area contributed by atoms with E-state index in [4.69, 9.17) is 0 Å². The van der Waals surface area contributed by atoms with Gasteiger partial charge in [-0.15, -0.1) is 0 Å². The third kappa shape index (κ3) is 2.42. The van der Waals surface area contributed by atoms with Gasteiger partial charge in [0.25, 0.3) is 0 Å². The van der Waals surface area contributed by atoms with Gasteiger partial charge in [-0.2, -0.15) is 9.40 Å². The van der Waals surface area contributed by atoms with E-state index in [1.807, 2.05) is 10.7 Å². The molecule has 1 saturated carbocycles. The van der Waals surface area contributed by atoms with Crippen molar-refractivity contribution in [3.8, 4) is 0 Å². The van der Waals surface area contributed by atoms with Gasteiger partial charge >= 0.3 is 0 Å². The molecule has 2 aliphatic rings. The number of aromatic nitrogens is 2. The summed E-state index contributed by atoms with van der Waals surface area (Å²) in [6.45, 7) is 3.31. The highest BCUT2D eigenvalue weighted by molar-refractivity contribution is 7.90. The maximum Gasteiger partial charge on any atom is 0.217 e. The largest absolute Gasteiger partial charge is 0.387 e. The van der Waals surface area contributed by atoms with E-state index >= 15 is 0 Å². The van der Waals surface area contributed by atoms with E-state index in [0.29, 0.717) is 25.3 Å². The van der Waals surface area contributed by atoms with E-state index in [9.17, 15) is 13.5 Å². The molecule has 1 aromatic heterocycles. The van der Waals surface area contributed by atoms with Crippen molar-refractivity contribution in [3.05, 3.63) is 17.5 Å². The molecule has 1 aliphatic carbocycles. The number of aliphatic hydroxyl groups is 1. The second kappa shape index (κ2) is 4.57. The Bertz CT molecular complexity index is 575. The fourth-order valence-electron chi connectivity index (χ4n) is 2.45. The van der Waals surface area contributed by atoms with Crippen LogP contribution in [-0.2, 0) is 23.1 Å². The standard InChI is InChI=1S/C12H19N3O3S/c1-9(16)12-7-10-8-14(5-2-6-15(10)13-12)19(17,18)11-3-4-11/h7,9,11,16H,2-6,8H2,1H3/t9-/m0/s1. The summed E-state index contributed by atoms with van der Waals surface area (Å²) in [4.78, 5) is 0. The molecule has 2 heterocycles. The third-order valence-corrected chi connectivity index (χ3v) is 6.08. The van der Waals surface area contributed by atoms with Crippen LogP contribution in [-0.4, -0.2) is 39.4 Å². The van der Waals surface area contributed by atoms with Crippen molar-refractivity contribution in [1.29, 1.82) is 0 Å². The van der Waals surface area contributed by atoms with E-state index < -0.39 is 16.1 Å². The summed E-state index contributed by atoms with van der Waals surface area (Å²) in [6, 6.07) is 1.81. The number of fused-ring (bicyclic) bond motifs is 1. The summed E-state index contributed by atoms with van der Waals surface area (Å²) in [6.07, 6.45) is 1.72. The highest BCUT2D eigenvalue weighted by atomic mass is 32.2. The van der Waals surface area contributed by atoms with E-state index in [2.05, 4.69) is 5.10 Å². The van der Waals surface area contributed by atoms with E-state index in [-0.39, 0.29) is 5.25 Å². The number of hydrogen-bond donors (Lipinski definition) is 1. The van der Waals surface area contributed by atoms with Crippen LogP contribution in [0, 0.1) is 0 Å². The summed E-state index contributed by atoms with van der Waals surface area (Å²) < 4.78 is 28.0. The minimum absolute atomic E-state index is 0.168. The van der Waals surface area contributed by atoms with Crippen molar-refractivity contribution in [2.75, 3.05) is 6.54 Å². The van der Waals surface area contributed by atoms with Crippen molar-refractivity contribution in [2.45, 2.75) is 50.6 Å². The van der Waals surface area contributed by atoms with Gasteiger partial charge in [0, 0.05) is 13.1 Å². The van der Waals surface area contributed by atoms with Crippen LogP contribution >= 0.6 is 0 Å². The highest BCUT2D eigenvalue weighted by Crippen LogP contribution is 2.32. The minimum atomic E-state index is -3.14. The Kier molecular flexibility index (Phi) is 3.15. The predicted molar refractivity (Wildman–Crippen MR) is 69.8 cm³/mol. The van der Waals surface area contributed by atoms with Gasteiger partial charge in [0.05, 0.1) is 29.3 Å². The van der Waals surface area contributed by atoms with Crippen molar-refractivity contribution in [2.24, 2.45) is 0 Å². The Balaban J connectivity index is 1.87. The van der Waals surface area contributed by atoms with Crippen molar-refractivity contribution < 1.29 is 13.5 Å². The van der Waals surface area contributed by atoms with Gasteiger partial charge in [-0.1, -0.05) is 0 Å². The lowest BCUT2D eigenvalue weighted by Gasteiger charge is -2.19. The van der Waals surface area contributed by atoms with Crippen LogP contribution < -0.4 is 0 Å². The number of nitrogens with zero attached hydrogens (tertiary/aromatic N) is 3. The van der Waals surface area contributed by atoms with Gasteiger partial charge in [0.15, 0.2) is 0 Å². The average molecular weight is 285 g/mol. The molecule has 7 heteroatoms. The maximum atomic E-state index is 12.3. The molecular formula is C12H19N3O3S. The Morgan fingerprint density at radius 3 is 2.79 bits per heavy atom. The quantitative estimate of drug-likeness (QED) is 0.884. The van der Waals surface area contributed by atoms with Gasteiger partial charge in [0.2, 0.25) is 10.0 Å². The summed E-state index contributed by atoms with van der Waals surface area (Å²) in [5.41, 5.74) is 1.48. The van der Waals surface area contributed by atoms with Crippen LogP contribution in [0.15, 0.2) is 6.07 Å². The van der Waals surface area contributed by atoms with Gasteiger partial charge in [-0.05, 0) is 32.3 Å². The number of aryl methyl sites for hydroxylation is 1. The molecule has 0 unspecified atom stereocenters. The normalized spacial score (nSPS) is 22.8. The predicted octanol–water partition coefficient (Wildman–Crippen LogP) is 0.634. The molecule has 1 aromatic rings. The van der Waals surface area contributed by atoms with Crippen molar-refractivity contribution >= 4 is 10.0 Å². The lowest BCUT2D eigenvalue weighted by atomic mass is 10.2. The van der Waals surface area contributed by atoms with Crippen LogP contribution in [0.2, 0.25) is 0 Å². The number of sulfonamides is 1. The molecule has 0 aromatic carbocycles. The summed E-state index contributed by atoms with van der Waals surface area (Å²) in [7, 11) is -3.14. The Morgan fingerprint density at radius 1 is 1.42 bits per heavy atom. The van der Waals surface area contributed by atoms with E-state index in [1.54, 1.807) is 11.2 Å². The Labute approximate surface area is 113 Å². The minimum Gasteiger partial charge on any atom is -0.387 e. The molecule has 19 heavy (non-hydrogen) atoms. The van der Waals surface area contributed by atoms with E-state index in [1.165, 1.54) is 0 Å². The molecule has 0 radical (unpaired) electrons. The van der Waals surface area contributed by atoms with Crippen LogP contribution in [0.3, 0.4) is 0 Å². The van der Waals surface area contributed by atoms with Crippen LogP contribution in [0.25, 0.3) is 0 Å². The zero-order valence-corrected chi connectivity index (χ0v) is 11.8. The first-order valence-corrected chi connectivity index (χ1v) is 8.22. The topological polar surface area (TPSA) is 75.4 Å². The molecule has 1 N–H and O–H groups in total. The highest BCUT2D eigenvalue weighted by Gasteiger charge is 2.40. The van der Waals surface area contributed by atoms with Crippen LogP contribution in [0.4, 0.5) is 0 Å². The molecule has 6 nitrogen and oxygen atoms in total. The van der Waals surface area contributed by atoms with Crippen LogP contribution in [0.1, 0.15) is 43.7 Å². The zero-order chi connectivity index (χ0) is 13.6. The Hall–Kier alpha value is -0.920. The van der Waals surface area contributed by atoms with Crippen molar-refractivity contribution in [1.82, 2.24) is 14.1 Å². The van der Waals surface area contributed by atoms with Gasteiger partial charge in [-0.25, -0.2) is 8.42 Å². The lowest BCUT2D eigenvalue weighted by Crippen LogP contribution is -2.33. The summed E-state index contributed by atoms with van der Waals surface area (Å²) in [5.74, 6) is 0. The van der Waals surface area contributed by atoms with Gasteiger partial charge in [0.1, 0.15) is 0 Å². The molecule has 1 fully saturated rings. The fraction of sp³-hybridized carbons (Fsp3) is 0.750. The first-order valence-electron chi connectivity index (χ1n) is 6.72. The fourth-order valence-corrected chi connectivity index (χ4v) is 4.30.